The Hall–Kier alpha value is -2.39. The standard InChI is InChI=1S/C25H42N4O19/c1-8(33)28-13-9(34)4-25(24(41)42,47-20(13)14(36)10(35)5-30)48-21-15(37)11(6-31)44-23(18(21)40)46-19-12(7-32)45-22(17(39)16(19)38)43-3-2-27-29-26/h9-23,30-32,34-40H,2-7H2,1H3,(H,28,33)(H,41,42)/t9-,10+,11+,12+,13+,14+,15-,16+,17+,18+,19+,20+,21-,22+,23-,25-/m0/s1. The third kappa shape index (κ3) is 8.85. The summed E-state index contributed by atoms with van der Waals surface area (Å²) < 4.78 is 32.8. The van der Waals surface area contributed by atoms with E-state index in [0.29, 0.717) is 0 Å². The monoisotopic (exact) mass is 702 g/mol. The molecule has 48 heavy (non-hydrogen) atoms. The van der Waals surface area contributed by atoms with Crippen LogP contribution in [0.15, 0.2) is 5.11 Å². The zero-order valence-corrected chi connectivity index (χ0v) is 25.4. The summed E-state index contributed by atoms with van der Waals surface area (Å²) in [6, 6.07) is -1.55. The zero-order valence-electron chi connectivity index (χ0n) is 25.4. The number of aliphatic hydroxyl groups is 10. The molecule has 3 saturated heterocycles. The second-order valence-corrected chi connectivity index (χ2v) is 11.3. The number of aliphatic hydroxyl groups excluding tert-OH is 10. The zero-order chi connectivity index (χ0) is 35.9. The lowest BCUT2D eigenvalue weighted by Crippen LogP contribution is -2.70. The SMILES string of the molecule is CC(=O)N[C@H]1[C@H]([C@H](O)[C@H](O)CO)O[C@@](O[C@H]2[C@@H](O)[C@@H](CO)O[C@@H](O[C@H]3[C@H](O)[C@@H](O)[C@H](OCCN=[N+]=[N-])O[C@@H]3CO)[C@@H]2O)(C(=O)O)C[C@@H]1O. The predicted molar refractivity (Wildman–Crippen MR) is 148 cm³/mol. The second-order valence-electron chi connectivity index (χ2n) is 11.3. The van der Waals surface area contributed by atoms with Crippen molar-refractivity contribution in [1.82, 2.24) is 5.32 Å². The van der Waals surface area contributed by atoms with Crippen molar-refractivity contribution in [3.63, 3.8) is 0 Å². The van der Waals surface area contributed by atoms with Crippen molar-refractivity contribution in [2.24, 2.45) is 5.11 Å². The molecule has 0 unspecified atom stereocenters. The second kappa shape index (κ2) is 17.5. The van der Waals surface area contributed by atoms with Crippen LogP contribution >= 0.6 is 0 Å². The number of nitrogens with zero attached hydrogens (tertiary/aromatic N) is 3. The van der Waals surface area contributed by atoms with Gasteiger partial charge in [-0.3, -0.25) is 4.79 Å². The van der Waals surface area contributed by atoms with Crippen molar-refractivity contribution < 1.29 is 94.2 Å². The molecule has 0 radical (unpaired) electrons. The number of carbonyl (C=O) groups is 2. The Kier molecular flexibility index (Phi) is 14.6. The van der Waals surface area contributed by atoms with Gasteiger partial charge in [0.1, 0.15) is 67.1 Å². The number of azide groups is 1. The van der Waals surface area contributed by atoms with Crippen LogP contribution in [0.4, 0.5) is 0 Å². The molecule has 3 fully saturated rings. The van der Waals surface area contributed by atoms with Gasteiger partial charge in [0, 0.05) is 24.8 Å². The van der Waals surface area contributed by atoms with Gasteiger partial charge >= 0.3 is 5.97 Å². The maximum atomic E-state index is 12.6. The fourth-order valence-electron chi connectivity index (χ4n) is 5.54. The fraction of sp³-hybridized carbons (Fsp3) is 0.920. The molecule has 3 rings (SSSR count). The Morgan fingerprint density at radius 1 is 0.979 bits per heavy atom. The van der Waals surface area contributed by atoms with Crippen molar-refractivity contribution in [3.8, 4) is 0 Å². The molecule has 16 atom stereocenters. The average molecular weight is 703 g/mol. The van der Waals surface area contributed by atoms with E-state index in [2.05, 4.69) is 15.3 Å². The predicted octanol–water partition coefficient (Wildman–Crippen LogP) is -6.89. The van der Waals surface area contributed by atoms with Crippen LogP contribution in [-0.2, 0) is 38.0 Å². The first-order valence-electron chi connectivity index (χ1n) is 14.7. The van der Waals surface area contributed by atoms with E-state index in [1.54, 1.807) is 0 Å². The quantitative estimate of drug-likeness (QED) is 0.0326. The van der Waals surface area contributed by atoms with E-state index in [4.69, 9.17) is 34.0 Å². The molecule has 0 bridgehead atoms. The van der Waals surface area contributed by atoms with Crippen LogP contribution in [-0.4, -0.2) is 199 Å². The van der Waals surface area contributed by atoms with Gasteiger partial charge in [-0.05, 0) is 5.53 Å². The van der Waals surface area contributed by atoms with Crippen LogP contribution in [0.1, 0.15) is 13.3 Å². The molecule has 1 amide bonds. The summed E-state index contributed by atoms with van der Waals surface area (Å²) >= 11 is 0. The largest absolute Gasteiger partial charge is 0.477 e. The van der Waals surface area contributed by atoms with Gasteiger partial charge in [-0.15, -0.1) is 0 Å². The highest BCUT2D eigenvalue weighted by atomic mass is 16.8. The van der Waals surface area contributed by atoms with Gasteiger partial charge in [0.15, 0.2) is 12.6 Å². The third-order valence-electron chi connectivity index (χ3n) is 7.98. The Morgan fingerprint density at radius 2 is 1.62 bits per heavy atom. The third-order valence-corrected chi connectivity index (χ3v) is 7.98. The molecule has 0 aromatic carbocycles. The molecule has 3 aliphatic heterocycles. The number of aliphatic carboxylic acids is 1. The molecule has 0 spiro atoms. The lowest BCUT2D eigenvalue weighted by molar-refractivity contribution is -0.386. The number of carboxylic acids is 1. The van der Waals surface area contributed by atoms with E-state index >= 15 is 0 Å². The molecular formula is C25H42N4O19. The summed E-state index contributed by atoms with van der Waals surface area (Å²) in [4.78, 5) is 27.0. The Labute approximate surface area is 271 Å². The van der Waals surface area contributed by atoms with Gasteiger partial charge in [0.05, 0.1) is 38.6 Å². The summed E-state index contributed by atoms with van der Waals surface area (Å²) in [5.41, 5.74) is 8.38. The topological polar surface area (TPSA) is 373 Å². The molecule has 0 aromatic heterocycles. The van der Waals surface area contributed by atoms with Crippen LogP contribution in [0.2, 0.25) is 0 Å². The first kappa shape index (κ1) is 40.0. The van der Waals surface area contributed by atoms with Gasteiger partial charge < -0.3 is 89.9 Å². The average Bonchev–Trinajstić information content (AvgIpc) is 3.05. The van der Waals surface area contributed by atoms with Gasteiger partial charge in [0.25, 0.3) is 5.79 Å². The molecule has 12 N–H and O–H groups in total. The minimum absolute atomic E-state index is 0.161. The lowest BCUT2D eigenvalue weighted by Gasteiger charge is -2.50. The number of amides is 1. The maximum Gasteiger partial charge on any atom is 0.364 e. The first-order chi connectivity index (χ1) is 22.7. The van der Waals surface area contributed by atoms with E-state index in [9.17, 15) is 65.8 Å². The van der Waals surface area contributed by atoms with E-state index in [1.165, 1.54) is 0 Å². The van der Waals surface area contributed by atoms with E-state index in [0.717, 1.165) is 6.92 Å². The summed E-state index contributed by atoms with van der Waals surface area (Å²) in [5, 5.41) is 120. The number of nitrogens with one attached hydrogen (secondary N) is 1. The molecule has 0 aromatic rings. The van der Waals surface area contributed by atoms with E-state index < -0.39 is 136 Å². The molecule has 0 aliphatic carbocycles. The van der Waals surface area contributed by atoms with Crippen LogP contribution in [0.3, 0.4) is 0 Å². The Balaban J connectivity index is 1.89. The van der Waals surface area contributed by atoms with Crippen LogP contribution in [0.25, 0.3) is 10.4 Å². The summed E-state index contributed by atoms with van der Waals surface area (Å²) in [6.45, 7) is -2.26. The highest BCUT2D eigenvalue weighted by Gasteiger charge is 2.60. The normalized spacial score (nSPS) is 41.5. The minimum atomic E-state index is -3.04. The molecular weight excluding hydrogens is 660 g/mol. The van der Waals surface area contributed by atoms with Crippen LogP contribution in [0.5, 0.6) is 0 Å². The van der Waals surface area contributed by atoms with Crippen molar-refractivity contribution in [1.29, 1.82) is 0 Å². The van der Waals surface area contributed by atoms with Gasteiger partial charge in [0.2, 0.25) is 5.91 Å². The van der Waals surface area contributed by atoms with Crippen molar-refractivity contribution in [3.05, 3.63) is 10.4 Å². The molecule has 3 heterocycles. The van der Waals surface area contributed by atoms with Crippen LogP contribution in [0, 0.1) is 0 Å². The number of carboxylic acid groups (broad SMARTS) is 1. The Bertz CT molecular complexity index is 1120. The maximum absolute atomic E-state index is 12.6. The first-order valence-corrected chi connectivity index (χ1v) is 14.7. The number of ether oxygens (including phenoxy) is 6. The lowest BCUT2D eigenvalue weighted by atomic mass is 9.88. The highest BCUT2D eigenvalue weighted by molar-refractivity contribution is 5.76. The minimum Gasteiger partial charge on any atom is -0.477 e. The number of carbonyl (C=O) groups excluding carboxylic acids is 1. The molecule has 3 aliphatic rings. The van der Waals surface area contributed by atoms with Gasteiger partial charge in [-0.1, -0.05) is 5.11 Å². The molecule has 23 heteroatoms. The number of hydrogen-bond acceptors (Lipinski definition) is 19. The highest BCUT2D eigenvalue weighted by Crippen LogP contribution is 2.38. The van der Waals surface area contributed by atoms with Crippen molar-refractivity contribution >= 4 is 11.9 Å². The fourth-order valence-corrected chi connectivity index (χ4v) is 5.54. The Morgan fingerprint density at radius 3 is 2.19 bits per heavy atom. The number of hydrogen-bond donors (Lipinski definition) is 12. The summed E-state index contributed by atoms with van der Waals surface area (Å²) in [5.74, 6) is -5.77. The van der Waals surface area contributed by atoms with Crippen LogP contribution < -0.4 is 5.32 Å². The summed E-state index contributed by atoms with van der Waals surface area (Å²) in [6.07, 6.45) is -27.4. The molecule has 276 valence electrons. The molecule has 0 saturated carbocycles. The van der Waals surface area contributed by atoms with E-state index in [1.807, 2.05) is 0 Å². The van der Waals surface area contributed by atoms with Gasteiger partial charge in [-0.25, -0.2) is 4.79 Å². The number of rotatable bonds is 15. The van der Waals surface area contributed by atoms with Gasteiger partial charge in [-0.2, -0.15) is 0 Å². The molecule has 23 nitrogen and oxygen atoms in total. The smallest absolute Gasteiger partial charge is 0.364 e. The van der Waals surface area contributed by atoms with Crippen molar-refractivity contribution in [2.75, 3.05) is 33.0 Å². The van der Waals surface area contributed by atoms with Crippen molar-refractivity contribution in [2.45, 2.75) is 111 Å². The summed E-state index contributed by atoms with van der Waals surface area (Å²) in [7, 11) is 0. The van der Waals surface area contributed by atoms with E-state index in [-0.39, 0.29) is 13.2 Å².